The molecule has 0 spiro atoms. The van der Waals surface area contributed by atoms with Crippen LogP contribution in [0.5, 0.6) is 0 Å². The van der Waals surface area contributed by atoms with Crippen LogP contribution in [0.1, 0.15) is 25.7 Å². The summed E-state index contributed by atoms with van der Waals surface area (Å²) >= 11 is 0. The van der Waals surface area contributed by atoms with Crippen LogP contribution in [0.3, 0.4) is 0 Å². The van der Waals surface area contributed by atoms with Crippen LogP contribution in [0.4, 0.5) is 0 Å². The Balaban J connectivity index is 1.76. The number of hydrogen-bond donors (Lipinski definition) is 3. The molecular formula is C15H30N4O2. The maximum atomic E-state index is 9.26. The van der Waals surface area contributed by atoms with E-state index in [-0.39, 0.29) is 12.0 Å². The molecule has 2 fully saturated rings. The summed E-state index contributed by atoms with van der Waals surface area (Å²) < 4.78 is 5.52. The van der Waals surface area contributed by atoms with Gasteiger partial charge in [-0.15, -0.1) is 0 Å². The molecule has 6 heteroatoms. The number of aliphatic hydroxyl groups excluding tert-OH is 1. The van der Waals surface area contributed by atoms with Gasteiger partial charge in [-0.2, -0.15) is 0 Å². The lowest BCUT2D eigenvalue weighted by atomic mass is 9.84. The molecule has 0 bridgehead atoms. The van der Waals surface area contributed by atoms with Crippen molar-refractivity contribution in [3.05, 3.63) is 0 Å². The van der Waals surface area contributed by atoms with Crippen molar-refractivity contribution in [1.29, 1.82) is 0 Å². The third kappa shape index (κ3) is 4.56. The molecule has 0 aromatic carbocycles. The quantitative estimate of drug-likeness (QED) is 0.477. The Labute approximate surface area is 127 Å². The van der Waals surface area contributed by atoms with Crippen LogP contribution in [0, 0.1) is 5.41 Å². The van der Waals surface area contributed by atoms with Crippen LogP contribution in [0.2, 0.25) is 0 Å². The molecule has 6 nitrogen and oxygen atoms in total. The number of nitrogens with zero attached hydrogens (tertiary/aromatic N) is 2. The van der Waals surface area contributed by atoms with Crippen LogP contribution in [0.15, 0.2) is 4.99 Å². The summed E-state index contributed by atoms with van der Waals surface area (Å²) in [7, 11) is 3.99. The highest BCUT2D eigenvalue weighted by Gasteiger charge is 2.34. The summed E-state index contributed by atoms with van der Waals surface area (Å²) in [6, 6.07) is 0.602. The highest BCUT2D eigenvalue weighted by molar-refractivity contribution is 5.79. The van der Waals surface area contributed by atoms with Gasteiger partial charge in [0.05, 0.1) is 6.61 Å². The van der Waals surface area contributed by atoms with Crippen molar-refractivity contribution in [2.45, 2.75) is 31.7 Å². The van der Waals surface area contributed by atoms with Gasteiger partial charge in [-0.05, 0) is 39.3 Å². The van der Waals surface area contributed by atoms with Crippen molar-refractivity contribution in [2.24, 2.45) is 10.4 Å². The second kappa shape index (κ2) is 7.96. The molecule has 21 heavy (non-hydrogen) atoms. The molecule has 0 radical (unpaired) electrons. The Morgan fingerprint density at radius 1 is 1.48 bits per heavy atom. The molecule has 2 rings (SSSR count). The molecule has 3 N–H and O–H groups in total. The van der Waals surface area contributed by atoms with Crippen molar-refractivity contribution in [3.8, 4) is 0 Å². The predicted molar refractivity (Wildman–Crippen MR) is 84.6 cm³/mol. The van der Waals surface area contributed by atoms with Crippen LogP contribution >= 0.6 is 0 Å². The van der Waals surface area contributed by atoms with Gasteiger partial charge in [0.15, 0.2) is 5.96 Å². The molecule has 2 saturated heterocycles. The number of aliphatic imine (C=N–C) groups is 1. The maximum Gasteiger partial charge on any atom is 0.191 e. The van der Waals surface area contributed by atoms with Crippen molar-refractivity contribution in [3.63, 3.8) is 0 Å². The van der Waals surface area contributed by atoms with E-state index in [1.807, 2.05) is 0 Å². The van der Waals surface area contributed by atoms with Crippen molar-refractivity contribution >= 4 is 5.96 Å². The van der Waals surface area contributed by atoms with Gasteiger partial charge in [0, 0.05) is 44.8 Å². The second-order valence-corrected chi connectivity index (χ2v) is 6.36. The second-order valence-electron chi connectivity index (χ2n) is 6.36. The fraction of sp³-hybridized carbons (Fsp3) is 0.933. The van der Waals surface area contributed by atoms with E-state index in [2.05, 4.69) is 27.6 Å². The zero-order valence-corrected chi connectivity index (χ0v) is 13.4. The standard InChI is InChI=1S/C15H30N4O2/c1-16-14(17-10-13-4-3-7-19(13)2)18-11-15(5-8-20)6-9-21-12-15/h13,20H,3-12H2,1-2H3,(H2,16,17,18). The Morgan fingerprint density at radius 3 is 2.90 bits per heavy atom. The number of nitrogens with one attached hydrogen (secondary N) is 2. The van der Waals surface area contributed by atoms with E-state index in [1.165, 1.54) is 19.4 Å². The lowest BCUT2D eigenvalue weighted by Crippen LogP contribution is -2.47. The minimum absolute atomic E-state index is 0.0521. The van der Waals surface area contributed by atoms with E-state index in [1.54, 1.807) is 7.05 Å². The van der Waals surface area contributed by atoms with Crippen LogP contribution in [-0.2, 0) is 4.74 Å². The van der Waals surface area contributed by atoms with Crippen LogP contribution in [-0.4, -0.2) is 75.6 Å². The first-order chi connectivity index (χ1) is 10.2. The minimum atomic E-state index is 0.0521. The molecule has 0 aliphatic carbocycles. The molecule has 2 unspecified atom stereocenters. The van der Waals surface area contributed by atoms with Gasteiger partial charge in [-0.25, -0.2) is 0 Å². The average Bonchev–Trinajstić information content (AvgIpc) is 3.10. The molecular weight excluding hydrogens is 268 g/mol. The third-order valence-electron chi connectivity index (χ3n) is 4.86. The van der Waals surface area contributed by atoms with Crippen molar-refractivity contribution in [2.75, 3.05) is 53.6 Å². The monoisotopic (exact) mass is 298 g/mol. The first-order valence-electron chi connectivity index (χ1n) is 8.02. The number of rotatable bonds is 6. The molecule has 0 saturated carbocycles. The van der Waals surface area contributed by atoms with Crippen molar-refractivity contribution < 1.29 is 9.84 Å². The average molecular weight is 298 g/mol. The van der Waals surface area contributed by atoms with Gasteiger partial charge >= 0.3 is 0 Å². The van der Waals surface area contributed by atoms with E-state index in [9.17, 15) is 5.11 Å². The van der Waals surface area contributed by atoms with Crippen LogP contribution in [0.25, 0.3) is 0 Å². The third-order valence-corrected chi connectivity index (χ3v) is 4.86. The molecule has 122 valence electrons. The smallest absolute Gasteiger partial charge is 0.191 e. The SMILES string of the molecule is CN=C(NCC1CCCN1C)NCC1(CCO)CCOC1. The van der Waals surface area contributed by atoms with Crippen molar-refractivity contribution in [1.82, 2.24) is 15.5 Å². The molecule has 0 aromatic heterocycles. The molecule has 0 amide bonds. The number of hydrogen-bond acceptors (Lipinski definition) is 4. The zero-order chi connectivity index (χ0) is 15.1. The zero-order valence-electron chi connectivity index (χ0n) is 13.4. The molecule has 2 atom stereocenters. The maximum absolute atomic E-state index is 9.26. The summed E-state index contributed by atoms with van der Waals surface area (Å²) in [5, 5.41) is 16.1. The van der Waals surface area contributed by atoms with Gasteiger partial charge in [0.25, 0.3) is 0 Å². The minimum Gasteiger partial charge on any atom is -0.396 e. The molecule has 2 aliphatic heterocycles. The van der Waals surface area contributed by atoms with E-state index in [4.69, 9.17) is 4.74 Å². The Morgan fingerprint density at radius 2 is 2.33 bits per heavy atom. The number of likely N-dealkylation sites (N-methyl/N-ethyl adjacent to an activating group) is 1. The number of likely N-dealkylation sites (tertiary alicyclic amines) is 1. The van der Waals surface area contributed by atoms with Gasteiger partial charge in [0.2, 0.25) is 0 Å². The van der Waals surface area contributed by atoms with Gasteiger partial charge in [0.1, 0.15) is 0 Å². The number of aliphatic hydroxyl groups is 1. The summed E-state index contributed by atoms with van der Waals surface area (Å²) in [4.78, 5) is 6.70. The summed E-state index contributed by atoms with van der Waals surface area (Å²) in [6.07, 6.45) is 4.32. The molecule has 2 aliphatic rings. The predicted octanol–water partition coefficient (Wildman–Crippen LogP) is 0.0347. The summed E-state index contributed by atoms with van der Waals surface area (Å²) in [5.74, 6) is 0.847. The lowest BCUT2D eigenvalue weighted by molar-refractivity contribution is 0.127. The van der Waals surface area contributed by atoms with E-state index in [0.717, 1.165) is 45.1 Å². The topological polar surface area (TPSA) is 69.1 Å². The molecule has 2 heterocycles. The highest BCUT2D eigenvalue weighted by Crippen LogP contribution is 2.31. The van der Waals surface area contributed by atoms with Crippen LogP contribution < -0.4 is 10.6 Å². The molecule has 0 aromatic rings. The fourth-order valence-electron chi connectivity index (χ4n) is 3.26. The van der Waals surface area contributed by atoms with Gasteiger partial charge in [-0.3, -0.25) is 4.99 Å². The lowest BCUT2D eigenvalue weighted by Gasteiger charge is -2.28. The first-order valence-corrected chi connectivity index (χ1v) is 8.02. The summed E-state index contributed by atoms with van der Waals surface area (Å²) in [6.45, 7) is 4.65. The fourth-order valence-corrected chi connectivity index (χ4v) is 3.26. The first kappa shape index (κ1) is 16.5. The normalized spacial score (nSPS) is 30.8. The van der Waals surface area contributed by atoms with Gasteiger partial charge in [-0.1, -0.05) is 0 Å². The van der Waals surface area contributed by atoms with Gasteiger partial charge < -0.3 is 25.4 Å². The number of guanidine groups is 1. The Hall–Kier alpha value is -0.850. The highest BCUT2D eigenvalue weighted by atomic mass is 16.5. The Bertz CT molecular complexity index is 343. The summed E-state index contributed by atoms with van der Waals surface area (Å²) in [5.41, 5.74) is 0.0521. The number of ether oxygens (including phenoxy) is 1. The van der Waals surface area contributed by atoms with E-state index >= 15 is 0 Å². The van der Waals surface area contributed by atoms with E-state index in [0.29, 0.717) is 6.04 Å². The largest absolute Gasteiger partial charge is 0.396 e. The van der Waals surface area contributed by atoms with E-state index < -0.39 is 0 Å². The Kier molecular flexibility index (Phi) is 6.26.